The number of nitrogens with zero attached hydrogens (tertiary/aromatic N) is 2. The molecule has 5 nitrogen and oxygen atoms in total. The van der Waals surface area contributed by atoms with Gasteiger partial charge in [-0.2, -0.15) is 0 Å². The van der Waals surface area contributed by atoms with Gasteiger partial charge in [-0.15, -0.1) is 0 Å². The average Bonchev–Trinajstić information content (AvgIpc) is 2.73. The van der Waals surface area contributed by atoms with Crippen LogP contribution in [-0.2, 0) is 0 Å². The zero-order valence-electron chi connectivity index (χ0n) is 10.2. The maximum atomic E-state index is 10.6. The van der Waals surface area contributed by atoms with E-state index in [1.807, 2.05) is 0 Å². The van der Waals surface area contributed by atoms with E-state index in [4.69, 9.17) is 11.6 Å². The van der Waals surface area contributed by atoms with Crippen molar-refractivity contribution in [2.45, 2.75) is 6.42 Å². The summed E-state index contributed by atoms with van der Waals surface area (Å²) in [5, 5.41) is 14.2. The smallest absolute Gasteiger partial charge is 0.271 e. The number of benzene rings is 1. The fraction of sp³-hybridized carbons (Fsp3) is 0.500. The minimum absolute atomic E-state index is 0.0196. The van der Waals surface area contributed by atoms with Gasteiger partial charge in [0, 0.05) is 25.2 Å². The third-order valence-electron chi connectivity index (χ3n) is 3.23. The van der Waals surface area contributed by atoms with Crippen molar-refractivity contribution in [2.75, 3.05) is 32.0 Å². The number of rotatable bonds is 4. The van der Waals surface area contributed by atoms with Crippen molar-refractivity contribution >= 4 is 23.0 Å². The van der Waals surface area contributed by atoms with Crippen molar-refractivity contribution in [1.29, 1.82) is 0 Å². The SMILES string of the molecule is CN1CCC(CNc2ccc([N+](=O)[O-])cc2Cl)C1. The highest BCUT2D eigenvalue weighted by atomic mass is 35.5. The Labute approximate surface area is 111 Å². The van der Waals surface area contributed by atoms with Crippen LogP contribution in [-0.4, -0.2) is 36.5 Å². The molecule has 0 radical (unpaired) electrons. The lowest BCUT2D eigenvalue weighted by Crippen LogP contribution is -2.19. The molecule has 6 heteroatoms. The molecule has 0 bridgehead atoms. The summed E-state index contributed by atoms with van der Waals surface area (Å²) in [6.07, 6.45) is 1.17. The predicted molar refractivity (Wildman–Crippen MR) is 72.2 cm³/mol. The van der Waals surface area contributed by atoms with E-state index in [2.05, 4.69) is 17.3 Å². The number of nitrogens with one attached hydrogen (secondary N) is 1. The van der Waals surface area contributed by atoms with Gasteiger partial charge in [0.25, 0.3) is 5.69 Å². The van der Waals surface area contributed by atoms with Gasteiger partial charge in [0.2, 0.25) is 0 Å². The van der Waals surface area contributed by atoms with Gasteiger partial charge in [0.1, 0.15) is 0 Å². The monoisotopic (exact) mass is 269 g/mol. The highest BCUT2D eigenvalue weighted by Gasteiger charge is 2.19. The first-order chi connectivity index (χ1) is 8.56. The maximum absolute atomic E-state index is 10.6. The van der Waals surface area contributed by atoms with Crippen molar-refractivity contribution in [3.63, 3.8) is 0 Å². The van der Waals surface area contributed by atoms with Gasteiger partial charge in [-0.05, 0) is 32.0 Å². The van der Waals surface area contributed by atoms with Crippen LogP contribution in [0, 0.1) is 16.0 Å². The fourth-order valence-electron chi connectivity index (χ4n) is 2.21. The number of hydrogen-bond donors (Lipinski definition) is 1. The number of anilines is 1. The van der Waals surface area contributed by atoms with Crippen molar-refractivity contribution in [3.05, 3.63) is 33.3 Å². The Morgan fingerprint density at radius 3 is 2.94 bits per heavy atom. The van der Waals surface area contributed by atoms with Gasteiger partial charge in [-0.25, -0.2) is 0 Å². The van der Waals surface area contributed by atoms with Crippen LogP contribution in [0.5, 0.6) is 0 Å². The van der Waals surface area contributed by atoms with Crippen molar-refractivity contribution in [3.8, 4) is 0 Å². The Kier molecular flexibility index (Phi) is 4.04. The number of non-ortho nitro benzene ring substituents is 1. The molecule has 1 N–H and O–H groups in total. The van der Waals surface area contributed by atoms with Gasteiger partial charge < -0.3 is 10.2 Å². The molecule has 1 aliphatic heterocycles. The van der Waals surface area contributed by atoms with Gasteiger partial charge >= 0.3 is 0 Å². The van der Waals surface area contributed by atoms with Crippen LogP contribution < -0.4 is 5.32 Å². The lowest BCUT2D eigenvalue weighted by molar-refractivity contribution is -0.384. The normalized spacial score (nSPS) is 20.0. The van der Waals surface area contributed by atoms with Gasteiger partial charge in [0.05, 0.1) is 15.6 Å². The van der Waals surface area contributed by atoms with Crippen LogP contribution in [0.1, 0.15) is 6.42 Å². The Balaban J connectivity index is 1.95. The highest BCUT2D eigenvalue weighted by Crippen LogP contribution is 2.27. The van der Waals surface area contributed by atoms with E-state index >= 15 is 0 Å². The molecule has 18 heavy (non-hydrogen) atoms. The Morgan fingerprint density at radius 2 is 2.39 bits per heavy atom. The first kappa shape index (κ1) is 13.1. The fourth-order valence-corrected chi connectivity index (χ4v) is 2.45. The van der Waals surface area contributed by atoms with Crippen molar-refractivity contribution in [2.24, 2.45) is 5.92 Å². The predicted octanol–water partition coefficient (Wildman–Crippen LogP) is 2.61. The molecule has 0 amide bonds. The molecule has 0 aliphatic carbocycles. The molecule has 1 aromatic rings. The third kappa shape index (κ3) is 3.11. The standard InChI is InChI=1S/C12H16ClN3O2/c1-15-5-4-9(8-15)7-14-12-3-2-10(16(17)18)6-11(12)13/h2-3,6,9,14H,4-5,7-8H2,1H3. The zero-order chi connectivity index (χ0) is 13.1. The van der Waals surface area contributed by atoms with Crippen LogP contribution in [0.2, 0.25) is 5.02 Å². The minimum Gasteiger partial charge on any atom is -0.384 e. The Morgan fingerprint density at radius 1 is 1.61 bits per heavy atom. The van der Waals surface area contributed by atoms with Crippen LogP contribution in [0.15, 0.2) is 18.2 Å². The summed E-state index contributed by atoms with van der Waals surface area (Å²) in [4.78, 5) is 12.4. The summed E-state index contributed by atoms with van der Waals surface area (Å²) in [6.45, 7) is 3.06. The summed E-state index contributed by atoms with van der Waals surface area (Å²) < 4.78 is 0. The molecule has 1 saturated heterocycles. The highest BCUT2D eigenvalue weighted by molar-refractivity contribution is 6.33. The molecular formula is C12H16ClN3O2. The number of nitro benzene ring substituents is 1. The van der Waals surface area contributed by atoms with E-state index in [9.17, 15) is 10.1 Å². The quantitative estimate of drug-likeness (QED) is 0.674. The van der Waals surface area contributed by atoms with E-state index in [1.165, 1.54) is 18.6 Å². The second-order valence-electron chi connectivity index (χ2n) is 4.72. The van der Waals surface area contributed by atoms with E-state index in [0.29, 0.717) is 10.9 Å². The molecule has 1 unspecified atom stereocenters. The van der Waals surface area contributed by atoms with Crippen LogP contribution in [0.25, 0.3) is 0 Å². The Bertz CT molecular complexity index is 453. The van der Waals surface area contributed by atoms with Crippen LogP contribution >= 0.6 is 11.6 Å². The minimum atomic E-state index is -0.443. The second-order valence-corrected chi connectivity index (χ2v) is 5.13. The van der Waals surface area contributed by atoms with Crippen LogP contribution in [0.4, 0.5) is 11.4 Å². The number of likely N-dealkylation sites (tertiary alicyclic amines) is 1. The van der Waals surface area contributed by atoms with E-state index in [-0.39, 0.29) is 5.69 Å². The average molecular weight is 270 g/mol. The number of halogens is 1. The van der Waals surface area contributed by atoms with E-state index in [1.54, 1.807) is 6.07 Å². The molecule has 1 fully saturated rings. The summed E-state index contributed by atoms with van der Waals surface area (Å²) >= 11 is 6.01. The summed E-state index contributed by atoms with van der Waals surface area (Å²) in [6, 6.07) is 4.51. The van der Waals surface area contributed by atoms with E-state index < -0.39 is 4.92 Å². The van der Waals surface area contributed by atoms with Crippen LogP contribution in [0.3, 0.4) is 0 Å². The molecule has 2 rings (SSSR count). The lowest BCUT2D eigenvalue weighted by Gasteiger charge is -2.13. The second kappa shape index (κ2) is 5.54. The molecule has 0 saturated carbocycles. The maximum Gasteiger partial charge on any atom is 0.271 e. The van der Waals surface area contributed by atoms with Crippen molar-refractivity contribution < 1.29 is 4.92 Å². The molecule has 0 spiro atoms. The molecule has 1 aromatic carbocycles. The van der Waals surface area contributed by atoms with Gasteiger partial charge in [0.15, 0.2) is 0 Å². The third-order valence-corrected chi connectivity index (χ3v) is 3.55. The molecular weight excluding hydrogens is 254 g/mol. The first-order valence-corrected chi connectivity index (χ1v) is 6.30. The summed E-state index contributed by atoms with van der Waals surface area (Å²) in [5.41, 5.74) is 0.781. The molecule has 1 heterocycles. The topological polar surface area (TPSA) is 58.4 Å². The van der Waals surface area contributed by atoms with Crippen molar-refractivity contribution in [1.82, 2.24) is 4.90 Å². The molecule has 1 atom stereocenters. The number of nitro groups is 1. The van der Waals surface area contributed by atoms with E-state index in [0.717, 1.165) is 25.3 Å². The molecule has 98 valence electrons. The Hall–Kier alpha value is -1.33. The molecule has 0 aromatic heterocycles. The number of hydrogen-bond acceptors (Lipinski definition) is 4. The lowest BCUT2D eigenvalue weighted by atomic mass is 10.1. The summed E-state index contributed by atoms with van der Waals surface area (Å²) in [5.74, 6) is 0.612. The first-order valence-electron chi connectivity index (χ1n) is 5.92. The van der Waals surface area contributed by atoms with Gasteiger partial charge in [-0.1, -0.05) is 11.6 Å². The molecule has 1 aliphatic rings. The van der Waals surface area contributed by atoms with Gasteiger partial charge in [-0.3, -0.25) is 10.1 Å². The zero-order valence-corrected chi connectivity index (χ0v) is 11.0. The largest absolute Gasteiger partial charge is 0.384 e. The summed E-state index contributed by atoms with van der Waals surface area (Å²) in [7, 11) is 2.11.